The van der Waals surface area contributed by atoms with Crippen LogP contribution in [0.3, 0.4) is 0 Å². The summed E-state index contributed by atoms with van der Waals surface area (Å²) in [5.41, 5.74) is 0.643. The molecular formula is C20H14F2N2. The van der Waals surface area contributed by atoms with Crippen LogP contribution in [0.5, 0.6) is 0 Å². The summed E-state index contributed by atoms with van der Waals surface area (Å²) in [4.78, 5) is 0. The predicted molar refractivity (Wildman–Crippen MR) is 94.1 cm³/mol. The van der Waals surface area contributed by atoms with Gasteiger partial charge in [0.25, 0.3) is 0 Å². The Kier molecular flexibility index (Phi) is 3.40. The number of anilines is 2. The Morgan fingerprint density at radius 1 is 0.708 bits per heavy atom. The predicted octanol–water partition coefficient (Wildman–Crippen LogP) is 5.28. The molecule has 0 aromatic heterocycles. The normalized spacial score (nSPS) is 11.1. The lowest BCUT2D eigenvalue weighted by Crippen LogP contribution is -2.26. The Hall–Kier alpha value is -2.98. The second-order valence-corrected chi connectivity index (χ2v) is 5.63. The Labute approximate surface area is 137 Å². The van der Waals surface area contributed by atoms with Gasteiger partial charge in [0.2, 0.25) is 0 Å². The fraction of sp³-hybridized carbons (Fsp3) is 0. The van der Waals surface area contributed by atoms with E-state index in [2.05, 4.69) is 0 Å². The van der Waals surface area contributed by atoms with Crippen LogP contribution in [0.2, 0.25) is 0 Å². The molecule has 0 spiro atoms. The Bertz CT molecular complexity index is 1060. The van der Waals surface area contributed by atoms with Crippen LogP contribution in [0, 0.1) is 11.6 Å². The molecule has 0 heterocycles. The van der Waals surface area contributed by atoms with Gasteiger partial charge in [-0.1, -0.05) is 54.6 Å². The number of nitrogens with zero attached hydrogens (tertiary/aromatic N) is 1. The van der Waals surface area contributed by atoms with Gasteiger partial charge in [-0.25, -0.2) is 14.6 Å². The summed E-state index contributed by atoms with van der Waals surface area (Å²) in [5, 5.41) is 4.24. The number of rotatable bonds is 2. The third-order valence-corrected chi connectivity index (χ3v) is 4.16. The smallest absolute Gasteiger partial charge is 0.148 e. The summed E-state index contributed by atoms with van der Waals surface area (Å²) >= 11 is 0. The number of hydrazine groups is 1. The van der Waals surface area contributed by atoms with E-state index in [4.69, 9.17) is 5.84 Å². The minimum Gasteiger partial charge on any atom is -0.275 e. The number of hydrogen-bond acceptors (Lipinski definition) is 2. The number of fused-ring (bicyclic) bond motifs is 2. The Balaban J connectivity index is 2.01. The van der Waals surface area contributed by atoms with Crippen molar-refractivity contribution in [3.05, 3.63) is 84.4 Å². The molecule has 4 heteroatoms. The lowest BCUT2D eigenvalue weighted by molar-refractivity contribution is 0.624. The van der Waals surface area contributed by atoms with Crippen LogP contribution in [-0.4, -0.2) is 0 Å². The molecule has 0 atom stereocenters. The second-order valence-electron chi connectivity index (χ2n) is 5.63. The van der Waals surface area contributed by atoms with E-state index in [1.807, 2.05) is 36.4 Å². The summed E-state index contributed by atoms with van der Waals surface area (Å²) in [6.07, 6.45) is 0. The third-order valence-electron chi connectivity index (χ3n) is 4.16. The molecule has 0 saturated heterocycles. The molecule has 118 valence electrons. The fourth-order valence-electron chi connectivity index (χ4n) is 3.05. The molecule has 2 N–H and O–H groups in total. The number of halogens is 2. The highest BCUT2D eigenvalue weighted by molar-refractivity contribution is 6.01. The maximum absolute atomic E-state index is 14.5. The van der Waals surface area contributed by atoms with Crippen LogP contribution in [0.1, 0.15) is 0 Å². The van der Waals surface area contributed by atoms with E-state index in [1.54, 1.807) is 18.2 Å². The lowest BCUT2D eigenvalue weighted by Gasteiger charge is -2.23. The molecule has 0 fully saturated rings. The lowest BCUT2D eigenvalue weighted by atomic mass is 10.1. The first-order chi connectivity index (χ1) is 11.6. The molecule has 4 aromatic rings. The number of hydrogen-bond donors (Lipinski definition) is 1. The van der Waals surface area contributed by atoms with Gasteiger partial charge in [0, 0.05) is 10.8 Å². The van der Waals surface area contributed by atoms with E-state index in [0.29, 0.717) is 16.5 Å². The summed E-state index contributed by atoms with van der Waals surface area (Å²) < 4.78 is 28.6. The quantitative estimate of drug-likeness (QED) is 0.402. The van der Waals surface area contributed by atoms with Gasteiger partial charge in [-0.15, -0.1) is 0 Å². The van der Waals surface area contributed by atoms with Crippen LogP contribution in [-0.2, 0) is 0 Å². The van der Waals surface area contributed by atoms with Crippen LogP contribution in [0.4, 0.5) is 20.2 Å². The first kappa shape index (κ1) is 14.6. The summed E-state index contributed by atoms with van der Waals surface area (Å²) in [6, 6.07) is 20.5. The van der Waals surface area contributed by atoms with Crippen molar-refractivity contribution in [2.24, 2.45) is 5.84 Å². The molecule has 4 rings (SSSR count). The largest absolute Gasteiger partial charge is 0.275 e. The standard InChI is InChI=1S/C20H14F2N2/c21-15-11-14-6-2-3-7-16(14)19(12-15)24(23)20-17-8-4-1-5-13(17)9-10-18(20)22/h1-12H,23H2. The Morgan fingerprint density at radius 2 is 1.38 bits per heavy atom. The van der Waals surface area contributed by atoms with Gasteiger partial charge in [-0.2, -0.15) is 0 Å². The van der Waals surface area contributed by atoms with Crippen LogP contribution in [0.25, 0.3) is 21.5 Å². The zero-order chi connectivity index (χ0) is 16.7. The van der Waals surface area contributed by atoms with E-state index in [9.17, 15) is 8.78 Å². The van der Waals surface area contributed by atoms with E-state index in [1.165, 1.54) is 23.2 Å². The molecule has 0 bridgehead atoms. The average Bonchev–Trinajstić information content (AvgIpc) is 2.60. The van der Waals surface area contributed by atoms with Crippen molar-refractivity contribution in [1.29, 1.82) is 0 Å². The first-order valence-corrected chi connectivity index (χ1v) is 7.55. The van der Waals surface area contributed by atoms with Crippen molar-refractivity contribution in [3.8, 4) is 0 Å². The van der Waals surface area contributed by atoms with Crippen LogP contribution in [0.15, 0.2) is 72.8 Å². The molecule has 0 radical (unpaired) electrons. The molecular weight excluding hydrogens is 306 g/mol. The van der Waals surface area contributed by atoms with Crippen molar-refractivity contribution in [2.45, 2.75) is 0 Å². The Morgan fingerprint density at radius 3 is 2.17 bits per heavy atom. The molecule has 0 aliphatic rings. The molecule has 0 amide bonds. The highest BCUT2D eigenvalue weighted by atomic mass is 19.1. The highest BCUT2D eigenvalue weighted by Crippen LogP contribution is 2.36. The van der Waals surface area contributed by atoms with Gasteiger partial charge in [-0.3, -0.25) is 5.01 Å². The van der Waals surface area contributed by atoms with Crippen molar-refractivity contribution < 1.29 is 8.78 Å². The highest BCUT2D eigenvalue weighted by Gasteiger charge is 2.17. The third kappa shape index (κ3) is 2.28. The topological polar surface area (TPSA) is 29.3 Å². The number of benzene rings is 4. The van der Waals surface area contributed by atoms with Gasteiger partial charge >= 0.3 is 0 Å². The van der Waals surface area contributed by atoms with Gasteiger partial charge in [0.1, 0.15) is 17.3 Å². The summed E-state index contributed by atoms with van der Waals surface area (Å²) in [5.74, 6) is 5.37. The van der Waals surface area contributed by atoms with Crippen molar-refractivity contribution in [1.82, 2.24) is 0 Å². The van der Waals surface area contributed by atoms with Gasteiger partial charge in [0.05, 0.1) is 5.69 Å². The summed E-state index contributed by atoms with van der Waals surface area (Å²) in [6.45, 7) is 0. The minimum atomic E-state index is -0.454. The zero-order valence-electron chi connectivity index (χ0n) is 12.7. The zero-order valence-corrected chi connectivity index (χ0v) is 12.7. The minimum absolute atomic E-state index is 0.226. The average molecular weight is 320 g/mol. The summed E-state index contributed by atoms with van der Waals surface area (Å²) in [7, 11) is 0. The molecule has 0 aliphatic heterocycles. The first-order valence-electron chi connectivity index (χ1n) is 7.55. The maximum Gasteiger partial charge on any atom is 0.148 e. The van der Waals surface area contributed by atoms with Crippen LogP contribution < -0.4 is 10.9 Å². The second kappa shape index (κ2) is 5.58. The molecule has 2 nitrogen and oxygen atoms in total. The van der Waals surface area contributed by atoms with Crippen molar-refractivity contribution >= 4 is 32.9 Å². The van der Waals surface area contributed by atoms with Gasteiger partial charge < -0.3 is 0 Å². The number of nitrogens with two attached hydrogens (primary N) is 1. The van der Waals surface area contributed by atoms with Gasteiger partial charge in [-0.05, 0) is 29.0 Å². The van der Waals surface area contributed by atoms with E-state index < -0.39 is 11.6 Å². The van der Waals surface area contributed by atoms with E-state index in [-0.39, 0.29) is 5.69 Å². The van der Waals surface area contributed by atoms with Crippen molar-refractivity contribution in [3.63, 3.8) is 0 Å². The van der Waals surface area contributed by atoms with Crippen LogP contribution >= 0.6 is 0 Å². The molecule has 0 saturated carbocycles. The SMILES string of the molecule is NN(c1cc(F)cc2ccccc12)c1c(F)ccc2ccccc12. The maximum atomic E-state index is 14.5. The van der Waals surface area contributed by atoms with E-state index in [0.717, 1.165) is 10.8 Å². The van der Waals surface area contributed by atoms with Crippen molar-refractivity contribution in [2.75, 3.05) is 5.01 Å². The molecule has 4 aromatic carbocycles. The monoisotopic (exact) mass is 320 g/mol. The van der Waals surface area contributed by atoms with Gasteiger partial charge in [0.15, 0.2) is 0 Å². The van der Waals surface area contributed by atoms with E-state index >= 15 is 0 Å². The molecule has 0 unspecified atom stereocenters. The molecule has 24 heavy (non-hydrogen) atoms. The fourth-order valence-corrected chi connectivity index (χ4v) is 3.05. The molecule has 0 aliphatic carbocycles.